The third-order valence-electron chi connectivity index (χ3n) is 1.63. The van der Waals surface area contributed by atoms with Gasteiger partial charge < -0.3 is 15.1 Å². The van der Waals surface area contributed by atoms with Crippen molar-refractivity contribution >= 4 is 50.4 Å². The zero-order chi connectivity index (χ0) is 13.7. The van der Waals surface area contributed by atoms with E-state index in [1.54, 1.807) is 0 Å². The van der Waals surface area contributed by atoms with Gasteiger partial charge in [0.2, 0.25) is 0 Å². The Hall–Kier alpha value is -1.68. The molecule has 0 atom stereocenters. The number of anilines is 1. The summed E-state index contributed by atoms with van der Waals surface area (Å²) in [6.07, 6.45) is 1.46. The van der Waals surface area contributed by atoms with Crippen molar-refractivity contribution in [3.05, 3.63) is 9.98 Å². The predicted molar refractivity (Wildman–Crippen MR) is 65.7 cm³/mol. The van der Waals surface area contributed by atoms with Crippen molar-refractivity contribution in [1.82, 2.24) is 9.88 Å². The van der Waals surface area contributed by atoms with Gasteiger partial charge in [0.25, 0.3) is 0 Å². The smallest absolute Gasteiger partial charge is 0.324 e. The summed E-state index contributed by atoms with van der Waals surface area (Å²) in [7, 11) is 0. The molecule has 0 saturated heterocycles. The molecule has 0 unspecified atom stereocenters. The van der Waals surface area contributed by atoms with Gasteiger partial charge in [-0.3, -0.25) is 14.9 Å². The number of carboxylic acid groups (broad SMARTS) is 2. The summed E-state index contributed by atoms with van der Waals surface area (Å²) in [4.78, 5) is 37.1. The molecule has 0 aliphatic carbocycles. The maximum Gasteiger partial charge on any atom is 0.324 e. The molecular weight excluding hydrogens is 330 g/mol. The van der Waals surface area contributed by atoms with E-state index < -0.39 is 31.1 Å². The number of rotatable bonds is 5. The Kier molecular flexibility index (Phi) is 5.04. The monoisotopic (exact) mass is 337 g/mol. The van der Waals surface area contributed by atoms with Gasteiger partial charge >= 0.3 is 18.0 Å². The lowest BCUT2D eigenvalue weighted by Gasteiger charge is -2.17. The Morgan fingerprint density at radius 3 is 2.28 bits per heavy atom. The third-order valence-corrected chi connectivity index (χ3v) is 3.02. The summed E-state index contributed by atoms with van der Waals surface area (Å²) < 4.78 is 0.681. The molecular formula is C8H8BrN3O5S. The summed E-state index contributed by atoms with van der Waals surface area (Å²) >= 11 is 4.27. The van der Waals surface area contributed by atoms with Crippen molar-refractivity contribution in [3.63, 3.8) is 0 Å². The van der Waals surface area contributed by atoms with Crippen LogP contribution in [0.5, 0.6) is 0 Å². The Bertz CT molecular complexity index is 461. The van der Waals surface area contributed by atoms with Gasteiger partial charge in [-0.1, -0.05) is 11.3 Å². The molecule has 18 heavy (non-hydrogen) atoms. The number of nitrogens with zero attached hydrogens (tertiary/aromatic N) is 2. The normalized spacial score (nSPS) is 9.83. The Labute approximate surface area is 113 Å². The predicted octanol–water partition coefficient (Wildman–Crippen LogP) is 0.909. The van der Waals surface area contributed by atoms with Crippen LogP contribution in [-0.2, 0) is 9.59 Å². The molecule has 0 aliphatic rings. The number of aromatic nitrogens is 1. The molecule has 8 nitrogen and oxygen atoms in total. The van der Waals surface area contributed by atoms with E-state index in [-0.39, 0.29) is 5.13 Å². The van der Waals surface area contributed by atoms with Gasteiger partial charge in [-0.05, 0) is 15.9 Å². The molecule has 1 heterocycles. The molecule has 10 heteroatoms. The fourth-order valence-corrected chi connectivity index (χ4v) is 2.11. The van der Waals surface area contributed by atoms with E-state index in [0.717, 1.165) is 11.3 Å². The molecule has 3 N–H and O–H groups in total. The van der Waals surface area contributed by atoms with Crippen LogP contribution >= 0.6 is 27.3 Å². The molecule has 0 saturated carbocycles. The average Bonchev–Trinajstić information content (AvgIpc) is 2.61. The molecule has 0 aromatic carbocycles. The van der Waals surface area contributed by atoms with Crippen molar-refractivity contribution in [3.8, 4) is 0 Å². The molecule has 2 amide bonds. The van der Waals surface area contributed by atoms with Crippen LogP contribution in [0.25, 0.3) is 0 Å². The van der Waals surface area contributed by atoms with E-state index in [2.05, 4.69) is 26.2 Å². The zero-order valence-corrected chi connectivity index (χ0v) is 11.2. The Morgan fingerprint density at radius 2 is 1.89 bits per heavy atom. The number of carboxylic acids is 2. The Balaban J connectivity index is 2.69. The van der Waals surface area contributed by atoms with E-state index >= 15 is 0 Å². The fraction of sp³-hybridized carbons (Fsp3) is 0.250. The van der Waals surface area contributed by atoms with Crippen LogP contribution in [0, 0.1) is 0 Å². The van der Waals surface area contributed by atoms with E-state index in [9.17, 15) is 14.4 Å². The first-order valence-corrected chi connectivity index (χ1v) is 6.10. The second kappa shape index (κ2) is 6.31. The SMILES string of the molecule is O=C(O)CN(CC(=O)O)C(=O)Nc1ncc(Br)s1. The standard InChI is InChI=1S/C8H8BrN3O5S/c9-4-1-10-7(18-4)11-8(17)12(2-5(13)14)3-6(15)16/h1H,2-3H2,(H,13,14)(H,15,16)(H,10,11,17). The molecule has 0 spiro atoms. The summed E-state index contributed by atoms with van der Waals surface area (Å²) in [6, 6.07) is -0.832. The molecule has 1 rings (SSSR count). The third kappa shape index (κ3) is 4.67. The number of aliphatic carboxylic acids is 2. The maximum absolute atomic E-state index is 11.6. The number of nitrogens with one attached hydrogen (secondary N) is 1. The second-order valence-electron chi connectivity index (χ2n) is 3.04. The van der Waals surface area contributed by atoms with Crippen molar-refractivity contribution in [2.45, 2.75) is 0 Å². The molecule has 0 radical (unpaired) electrons. The molecule has 0 fully saturated rings. The van der Waals surface area contributed by atoms with Gasteiger partial charge in [-0.2, -0.15) is 0 Å². The highest BCUT2D eigenvalue weighted by Gasteiger charge is 2.20. The summed E-state index contributed by atoms with van der Waals surface area (Å²) in [6.45, 7) is -1.41. The van der Waals surface area contributed by atoms with E-state index in [1.807, 2.05) is 0 Å². The fourth-order valence-electron chi connectivity index (χ4n) is 1.01. The lowest BCUT2D eigenvalue weighted by atomic mass is 10.5. The van der Waals surface area contributed by atoms with Gasteiger partial charge in [0.05, 0.1) is 9.98 Å². The van der Waals surface area contributed by atoms with Crippen LogP contribution in [0.1, 0.15) is 0 Å². The summed E-state index contributed by atoms with van der Waals surface area (Å²) in [5, 5.41) is 19.7. The van der Waals surface area contributed by atoms with E-state index in [1.165, 1.54) is 6.20 Å². The van der Waals surface area contributed by atoms with Crippen molar-refractivity contribution in [1.29, 1.82) is 0 Å². The minimum Gasteiger partial charge on any atom is -0.480 e. The zero-order valence-electron chi connectivity index (χ0n) is 8.79. The maximum atomic E-state index is 11.6. The number of hydrogen-bond acceptors (Lipinski definition) is 5. The number of hydrogen-bond donors (Lipinski definition) is 3. The molecule has 0 aliphatic heterocycles. The van der Waals surface area contributed by atoms with Crippen LogP contribution in [0.3, 0.4) is 0 Å². The van der Waals surface area contributed by atoms with Crippen molar-refractivity contribution < 1.29 is 24.6 Å². The van der Waals surface area contributed by atoms with Crippen LogP contribution in [-0.4, -0.2) is 51.2 Å². The van der Waals surface area contributed by atoms with Gasteiger partial charge in [0.1, 0.15) is 13.1 Å². The van der Waals surface area contributed by atoms with Crippen molar-refractivity contribution in [2.24, 2.45) is 0 Å². The average molecular weight is 338 g/mol. The minimum atomic E-state index is -1.30. The quantitative estimate of drug-likeness (QED) is 0.734. The molecule has 1 aromatic rings. The molecule has 0 bridgehead atoms. The van der Waals surface area contributed by atoms with Gasteiger partial charge in [0.15, 0.2) is 5.13 Å². The first kappa shape index (κ1) is 14.4. The number of thiazole rings is 1. The van der Waals surface area contributed by atoms with E-state index in [4.69, 9.17) is 10.2 Å². The van der Waals surface area contributed by atoms with Gasteiger partial charge in [-0.25, -0.2) is 9.78 Å². The highest BCUT2D eigenvalue weighted by molar-refractivity contribution is 9.11. The lowest BCUT2D eigenvalue weighted by molar-refractivity contribution is -0.140. The van der Waals surface area contributed by atoms with Crippen LogP contribution in [0.2, 0.25) is 0 Å². The van der Waals surface area contributed by atoms with Crippen LogP contribution in [0.15, 0.2) is 9.98 Å². The number of carbonyl (C=O) groups is 3. The highest BCUT2D eigenvalue weighted by Crippen LogP contribution is 2.23. The Morgan fingerprint density at radius 1 is 1.33 bits per heavy atom. The number of halogens is 1. The van der Waals surface area contributed by atoms with Crippen LogP contribution in [0.4, 0.5) is 9.93 Å². The van der Waals surface area contributed by atoms with Gasteiger partial charge in [-0.15, -0.1) is 0 Å². The summed E-state index contributed by atoms with van der Waals surface area (Å²) in [5.41, 5.74) is 0. The topological polar surface area (TPSA) is 120 Å². The number of amides is 2. The highest BCUT2D eigenvalue weighted by atomic mass is 79.9. The summed E-state index contributed by atoms with van der Waals surface area (Å²) in [5.74, 6) is -2.60. The van der Waals surface area contributed by atoms with Crippen LogP contribution < -0.4 is 5.32 Å². The molecule has 98 valence electrons. The minimum absolute atomic E-state index is 0.243. The lowest BCUT2D eigenvalue weighted by Crippen LogP contribution is -2.41. The van der Waals surface area contributed by atoms with E-state index in [0.29, 0.717) is 8.69 Å². The first-order chi connectivity index (χ1) is 8.38. The number of urea groups is 1. The van der Waals surface area contributed by atoms with Gasteiger partial charge in [0, 0.05) is 0 Å². The molecule has 1 aromatic heterocycles. The largest absolute Gasteiger partial charge is 0.480 e. The first-order valence-electron chi connectivity index (χ1n) is 4.49. The second-order valence-corrected chi connectivity index (χ2v) is 5.45. The van der Waals surface area contributed by atoms with Crippen molar-refractivity contribution in [2.75, 3.05) is 18.4 Å². The number of carbonyl (C=O) groups excluding carboxylic acids is 1.